The van der Waals surface area contributed by atoms with E-state index >= 15 is 0 Å². The first kappa shape index (κ1) is 13.2. The van der Waals surface area contributed by atoms with Crippen molar-refractivity contribution in [2.24, 2.45) is 0 Å². The lowest BCUT2D eigenvalue weighted by molar-refractivity contribution is -0.384. The maximum absolute atomic E-state index is 11.1. The van der Waals surface area contributed by atoms with Crippen molar-refractivity contribution in [3.8, 4) is 0 Å². The maximum Gasteiger partial charge on any atom is 0.270 e. The van der Waals surface area contributed by atoms with Gasteiger partial charge in [0.05, 0.1) is 4.92 Å². The van der Waals surface area contributed by atoms with Gasteiger partial charge in [0.15, 0.2) is 6.29 Å². The number of thiophene rings is 1. The van der Waals surface area contributed by atoms with Crippen molar-refractivity contribution in [3.63, 3.8) is 0 Å². The van der Waals surface area contributed by atoms with Gasteiger partial charge in [0.25, 0.3) is 5.69 Å². The number of rotatable bonds is 5. The average molecular weight is 276 g/mol. The van der Waals surface area contributed by atoms with Crippen molar-refractivity contribution in [2.75, 3.05) is 11.9 Å². The number of benzene rings is 1. The second-order valence-electron chi connectivity index (χ2n) is 4.11. The molecule has 2 rings (SSSR count). The third-order valence-electron chi connectivity index (χ3n) is 2.76. The number of nitro groups is 1. The Labute approximate surface area is 114 Å². The van der Waals surface area contributed by atoms with Gasteiger partial charge in [-0.25, -0.2) is 0 Å². The molecule has 0 fully saturated rings. The van der Waals surface area contributed by atoms with Crippen LogP contribution in [0.2, 0.25) is 0 Å². The Balaban J connectivity index is 2.28. The van der Waals surface area contributed by atoms with Gasteiger partial charge < -0.3 is 4.90 Å². The van der Waals surface area contributed by atoms with Crippen LogP contribution in [0.25, 0.3) is 0 Å². The summed E-state index contributed by atoms with van der Waals surface area (Å²) in [6.07, 6.45) is 0.645. The van der Waals surface area contributed by atoms with E-state index in [1.807, 2.05) is 28.8 Å². The zero-order chi connectivity index (χ0) is 13.8. The van der Waals surface area contributed by atoms with Crippen molar-refractivity contribution in [1.82, 2.24) is 0 Å². The lowest BCUT2D eigenvalue weighted by atomic mass is 10.1. The van der Waals surface area contributed by atoms with Crippen LogP contribution in [0, 0.1) is 10.1 Å². The standard InChI is InChI=1S/C13H12N2O3S/c1-14(7-10-4-5-19-9-10)13-3-2-12(15(17)18)6-11(13)8-16/h2-6,8-9H,7H2,1H3. The molecule has 0 aliphatic heterocycles. The van der Waals surface area contributed by atoms with Gasteiger partial charge in [-0.15, -0.1) is 0 Å². The number of hydrogen-bond acceptors (Lipinski definition) is 5. The Morgan fingerprint density at radius 1 is 1.42 bits per heavy atom. The summed E-state index contributed by atoms with van der Waals surface area (Å²) >= 11 is 1.61. The van der Waals surface area contributed by atoms with Crippen molar-refractivity contribution >= 4 is 29.0 Å². The molecular weight excluding hydrogens is 264 g/mol. The minimum atomic E-state index is -0.504. The van der Waals surface area contributed by atoms with E-state index in [9.17, 15) is 14.9 Å². The van der Waals surface area contributed by atoms with Gasteiger partial charge in [0, 0.05) is 37.0 Å². The van der Waals surface area contributed by atoms with Crippen molar-refractivity contribution < 1.29 is 9.72 Å². The smallest absolute Gasteiger partial charge is 0.270 e. The minimum Gasteiger partial charge on any atom is -0.370 e. The maximum atomic E-state index is 11.1. The first-order chi connectivity index (χ1) is 9.11. The third-order valence-corrected chi connectivity index (χ3v) is 3.49. The van der Waals surface area contributed by atoms with Gasteiger partial charge in [-0.1, -0.05) is 0 Å². The third kappa shape index (κ3) is 2.97. The van der Waals surface area contributed by atoms with Gasteiger partial charge >= 0.3 is 0 Å². The summed E-state index contributed by atoms with van der Waals surface area (Å²) in [5.41, 5.74) is 2.08. The zero-order valence-corrected chi connectivity index (χ0v) is 11.1. The predicted molar refractivity (Wildman–Crippen MR) is 74.9 cm³/mol. The highest BCUT2D eigenvalue weighted by molar-refractivity contribution is 7.07. The van der Waals surface area contributed by atoms with E-state index in [0.717, 1.165) is 5.56 Å². The van der Waals surface area contributed by atoms with E-state index in [2.05, 4.69) is 0 Å². The van der Waals surface area contributed by atoms with Crippen molar-refractivity contribution in [1.29, 1.82) is 0 Å². The topological polar surface area (TPSA) is 63.4 Å². The van der Waals surface area contributed by atoms with Crippen LogP contribution in [0.15, 0.2) is 35.0 Å². The molecule has 0 aliphatic carbocycles. The SMILES string of the molecule is CN(Cc1ccsc1)c1ccc([N+](=O)[O-])cc1C=O. The molecule has 0 bridgehead atoms. The zero-order valence-electron chi connectivity index (χ0n) is 10.3. The lowest BCUT2D eigenvalue weighted by Crippen LogP contribution is -2.17. The second-order valence-corrected chi connectivity index (χ2v) is 4.89. The lowest BCUT2D eigenvalue weighted by Gasteiger charge is -2.20. The first-order valence-electron chi connectivity index (χ1n) is 5.57. The molecule has 0 aliphatic rings. The summed E-state index contributed by atoms with van der Waals surface area (Å²) < 4.78 is 0. The molecule has 1 aromatic carbocycles. The van der Waals surface area contributed by atoms with Gasteiger partial charge in [-0.3, -0.25) is 14.9 Å². The number of nitro benzene ring substituents is 1. The average Bonchev–Trinajstić information content (AvgIpc) is 2.90. The molecule has 0 radical (unpaired) electrons. The Morgan fingerprint density at radius 3 is 2.79 bits per heavy atom. The molecule has 0 N–H and O–H groups in total. The van der Waals surface area contributed by atoms with E-state index < -0.39 is 4.92 Å². The molecule has 0 atom stereocenters. The van der Waals surface area contributed by atoms with Gasteiger partial charge in [0.2, 0.25) is 0 Å². The number of non-ortho nitro benzene ring substituents is 1. The largest absolute Gasteiger partial charge is 0.370 e. The molecule has 0 saturated carbocycles. The van der Waals surface area contributed by atoms with E-state index in [4.69, 9.17) is 0 Å². The van der Waals surface area contributed by atoms with Gasteiger partial charge in [0.1, 0.15) is 0 Å². The van der Waals surface area contributed by atoms with Crippen LogP contribution >= 0.6 is 11.3 Å². The fourth-order valence-corrected chi connectivity index (χ4v) is 2.50. The fraction of sp³-hybridized carbons (Fsp3) is 0.154. The summed E-state index contributed by atoms with van der Waals surface area (Å²) in [7, 11) is 1.85. The number of anilines is 1. The van der Waals surface area contributed by atoms with E-state index in [1.165, 1.54) is 12.1 Å². The number of carbonyl (C=O) groups is 1. The monoisotopic (exact) mass is 276 g/mol. The van der Waals surface area contributed by atoms with Crippen LogP contribution in [-0.2, 0) is 6.54 Å². The number of aldehydes is 1. The van der Waals surface area contributed by atoms with E-state index in [1.54, 1.807) is 17.4 Å². The van der Waals surface area contributed by atoms with E-state index in [-0.39, 0.29) is 5.69 Å². The summed E-state index contributed by atoms with van der Waals surface area (Å²) in [4.78, 5) is 23.1. The van der Waals surface area contributed by atoms with Crippen LogP contribution in [0.1, 0.15) is 15.9 Å². The Kier molecular flexibility index (Phi) is 3.91. The second kappa shape index (κ2) is 5.62. The quantitative estimate of drug-likeness (QED) is 0.478. The molecule has 6 heteroatoms. The van der Waals surface area contributed by atoms with Crippen molar-refractivity contribution in [2.45, 2.75) is 6.54 Å². The Morgan fingerprint density at radius 2 is 2.21 bits per heavy atom. The number of hydrogen-bond donors (Lipinski definition) is 0. The molecular formula is C13H12N2O3S. The Bertz CT molecular complexity index is 596. The minimum absolute atomic E-state index is 0.0743. The fourth-order valence-electron chi connectivity index (χ4n) is 1.84. The normalized spacial score (nSPS) is 10.2. The molecule has 0 unspecified atom stereocenters. The molecule has 19 heavy (non-hydrogen) atoms. The number of nitrogens with zero attached hydrogens (tertiary/aromatic N) is 2. The molecule has 0 saturated heterocycles. The van der Waals surface area contributed by atoms with Crippen LogP contribution in [0.4, 0.5) is 11.4 Å². The van der Waals surface area contributed by atoms with E-state index in [0.29, 0.717) is 24.1 Å². The van der Waals surface area contributed by atoms with Crippen LogP contribution in [0.5, 0.6) is 0 Å². The highest BCUT2D eigenvalue weighted by Crippen LogP contribution is 2.25. The van der Waals surface area contributed by atoms with Gasteiger partial charge in [-0.2, -0.15) is 11.3 Å². The highest BCUT2D eigenvalue weighted by atomic mass is 32.1. The van der Waals surface area contributed by atoms with Crippen LogP contribution in [0.3, 0.4) is 0 Å². The molecule has 2 aromatic rings. The number of carbonyl (C=O) groups excluding carboxylic acids is 1. The summed E-state index contributed by atoms with van der Waals surface area (Å²) in [6, 6.07) is 6.32. The Hall–Kier alpha value is -2.21. The molecule has 98 valence electrons. The molecule has 0 amide bonds. The summed E-state index contributed by atoms with van der Waals surface area (Å²) in [6.45, 7) is 0.655. The predicted octanol–water partition coefficient (Wildman–Crippen LogP) is 3.11. The molecule has 5 nitrogen and oxygen atoms in total. The summed E-state index contributed by atoms with van der Waals surface area (Å²) in [5, 5.41) is 14.7. The molecule has 1 heterocycles. The summed E-state index contributed by atoms with van der Waals surface area (Å²) in [5.74, 6) is 0. The van der Waals surface area contributed by atoms with Crippen LogP contribution < -0.4 is 4.90 Å². The highest BCUT2D eigenvalue weighted by Gasteiger charge is 2.13. The van der Waals surface area contributed by atoms with Crippen LogP contribution in [-0.4, -0.2) is 18.3 Å². The first-order valence-corrected chi connectivity index (χ1v) is 6.52. The van der Waals surface area contributed by atoms with Gasteiger partial charge in [-0.05, 0) is 28.5 Å². The van der Waals surface area contributed by atoms with Crippen molar-refractivity contribution in [3.05, 3.63) is 56.3 Å². The molecule has 0 spiro atoms. The molecule has 1 aromatic heterocycles.